The highest BCUT2D eigenvalue weighted by atomic mass is 16.2. The molecule has 2 N–H and O–H groups in total. The summed E-state index contributed by atoms with van der Waals surface area (Å²) in [5, 5.41) is 5.71. The Bertz CT molecular complexity index is 688. The van der Waals surface area contributed by atoms with Crippen molar-refractivity contribution in [2.24, 2.45) is 7.05 Å². The van der Waals surface area contributed by atoms with E-state index in [-0.39, 0.29) is 30.8 Å². The Kier molecular flexibility index (Phi) is 4.83. The van der Waals surface area contributed by atoms with Crippen molar-refractivity contribution in [2.75, 3.05) is 6.54 Å². The summed E-state index contributed by atoms with van der Waals surface area (Å²) in [6, 6.07) is 3.61. The second-order valence-corrected chi connectivity index (χ2v) is 7.08. The van der Waals surface area contributed by atoms with E-state index in [4.69, 9.17) is 0 Å². The lowest BCUT2D eigenvalue weighted by molar-refractivity contribution is -0.132. The molecule has 2 fully saturated rings. The average molecular weight is 346 g/mol. The molecule has 0 unspecified atom stereocenters. The molecule has 1 spiro atoms. The van der Waals surface area contributed by atoms with Crippen LogP contribution in [0.1, 0.15) is 49.9 Å². The van der Waals surface area contributed by atoms with Crippen molar-refractivity contribution in [3.8, 4) is 0 Å². The molecule has 1 aliphatic heterocycles. The Labute approximate surface area is 147 Å². The molecule has 3 rings (SSSR count). The molecule has 1 saturated carbocycles. The van der Waals surface area contributed by atoms with Crippen LogP contribution in [0.25, 0.3) is 0 Å². The predicted molar refractivity (Wildman–Crippen MR) is 92.7 cm³/mol. The van der Waals surface area contributed by atoms with Gasteiger partial charge in [-0.05, 0) is 31.9 Å². The molecule has 136 valence electrons. The first kappa shape index (κ1) is 17.5. The van der Waals surface area contributed by atoms with E-state index < -0.39 is 5.54 Å². The number of imide groups is 1. The van der Waals surface area contributed by atoms with Crippen molar-refractivity contribution in [2.45, 2.75) is 57.5 Å². The number of carbonyl (C=O) groups excluding carboxylic acids is 3. The van der Waals surface area contributed by atoms with E-state index in [0.717, 1.165) is 30.7 Å². The topological polar surface area (TPSA) is 83.4 Å². The largest absolute Gasteiger partial charge is 0.350 e. The number of carbonyl (C=O) groups is 3. The van der Waals surface area contributed by atoms with Gasteiger partial charge in [-0.1, -0.05) is 19.3 Å². The molecule has 1 aromatic rings. The fourth-order valence-corrected chi connectivity index (χ4v) is 3.71. The van der Waals surface area contributed by atoms with E-state index in [2.05, 4.69) is 10.6 Å². The van der Waals surface area contributed by atoms with Crippen LogP contribution in [0.15, 0.2) is 12.1 Å². The van der Waals surface area contributed by atoms with Crippen LogP contribution in [-0.2, 0) is 23.2 Å². The van der Waals surface area contributed by atoms with Gasteiger partial charge >= 0.3 is 6.03 Å². The average Bonchev–Trinajstić information content (AvgIpc) is 3.03. The third-order valence-corrected chi connectivity index (χ3v) is 5.46. The fourth-order valence-electron chi connectivity index (χ4n) is 3.71. The lowest BCUT2D eigenvalue weighted by Crippen LogP contribution is -2.48. The van der Waals surface area contributed by atoms with E-state index in [1.807, 2.05) is 30.7 Å². The maximum atomic E-state index is 12.6. The summed E-state index contributed by atoms with van der Waals surface area (Å²) < 4.78 is 2.02. The molecule has 0 radical (unpaired) electrons. The summed E-state index contributed by atoms with van der Waals surface area (Å²) in [4.78, 5) is 38.1. The molecule has 0 aromatic carbocycles. The smallest absolute Gasteiger partial charge is 0.325 e. The van der Waals surface area contributed by atoms with E-state index in [1.54, 1.807) is 0 Å². The van der Waals surface area contributed by atoms with Crippen molar-refractivity contribution in [1.29, 1.82) is 0 Å². The summed E-state index contributed by atoms with van der Waals surface area (Å²) in [6.45, 7) is 2.57. The first-order chi connectivity index (χ1) is 11.9. The molecule has 7 heteroatoms. The molecular formula is C18H26N4O3. The van der Waals surface area contributed by atoms with E-state index in [1.165, 1.54) is 4.90 Å². The van der Waals surface area contributed by atoms with Gasteiger partial charge in [0, 0.05) is 31.4 Å². The van der Waals surface area contributed by atoms with Crippen molar-refractivity contribution in [3.05, 3.63) is 23.5 Å². The van der Waals surface area contributed by atoms with Gasteiger partial charge in [0.1, 0.15) is 5.54 Å². The van der Waals surface area contributed by atoms with E-state index in [9.17, 15) is 14.4 Å². The summed E-state index contributed by atoms with van der Waals surface area (Å²) in [5.41, 5.74) is 1.43. The van der Waals surface area contributed by atoms with Gasteiger partial charge in [0.05, 0.1) is 6.54 Å². The Morgan fingerprint density at radius 1 is 1.24 bits per heavy atom. The van der Waals surface area contributed by atoms with E-state index >= 15 is 0 Å². The highest BCUT2D eigenvalue weighted by molar-refractivity contribution is 6.07. The summed E-state index contributed by atoms with van der Waals surface area (Å²) >= 11 is 0. The molecular weight excluding hydrogens is 320 g/mol. The molecule has 2 heterocycles. The van der Waals surface area contributed by atoms with Crippen LogP contribution in [0, 0.1) is 6.92 Å². The van der Waals surface area contributed by atoms with E-state index in [0.29, 0.717) is 19.4 Å². The second-order valence-electron chi connectivity index (χ2n) is 7.08. The van der Waals surface area contributed by atoms with Gasteiger partial charge in [0.25, 0.3) is 5.91 Å². The Balaban J connectivity index is 1.51. The maximum absolute atomic E-state index is 12.6. The fraction of sp³-hybridized carbons (Fsp3) is 0.611. The van der Waals surface area contributed by atoms with Gasteiger partial charge < -0.3 is 15.2 Å². The number of aryl methyl sites for hydroxylation is 1. The zero-order valence-corrected chi connectivity index (χ0v) is 14.9. The molecule has 7 nitrogen and oxygen atoms in total. The van der Waals surface area contributed by atoms with Crippen LogP contribution in [0.2, 0.25) is 0 Å². The summed E-state index contributed by atoms with van der Waals surface area (Å²) in [6.07, 6.45) is 4.54. The van der Waals surface area contributed by atoms with Crippen LogP contribution in [0.3, 0.4) is 0 Å². The minimum Gasteiger partial charge on any atom is -0.350 e. The van der Waals surface area contributed by atoms with Gasteiger partial charge in [-0.2, -0.15) is 0 Å². The number of aromatic nitrogens is 1. The van der Waals surface area contributed by atoms with Gasteiger partial charge in [-0.15, -0.1) is 0 Å². The summed E-state index contributed by atoms with van der Waals surface area (Å²) in [5.74, 6) is -0.327. The van der Waals surface area contributed by atoms with Crippen molar-refractivity contribution in [3.63, 3.8) is 0 Å². The SMILES string of the molecule is Cc1ccc(CNC(=O)CCN2C(=O)NC3(CCCCC3)C2=O)n1C. The molecule has 2 aliphatic rings. The van der Waals surface area contributed by atoms with Crippen LogP contribution < -0.4 is 10.6 Å². The number of amides is 4. The maximum Gasteiger partial charge on any atom is 0.325 e. The normalized spacial score (nSPS) is 19.4. The molecule has 4 amide bonds. The Morgan fingerprint density at radius 3 is 2.60 bits per heavy atom. The number of nitrogens with one attached hydrogen (secondary N) is 2. The molecule has 1 aromatic heterocycles. The van der Waals surface area contributed by atoms with Gasteiger partial charge in [-0.25, -0.2) is 4.79 Å². The van der Waals surface area contributed by atoms with Gasteiger partial charge in [-0.3, -0.25) is 14.5 Å². The minimum absolute atomic E-state index is 0.124. The number of rotatable bonds is 5. The van der Waals surface area contributed by atoms with Crippen LogP contribution >= 0.6 is 0 Å². The number of nitrogens with zero attached hydrogens (tertiary/aromatic N) is 2. The first-order valence-electron chi connectivity index (χ1n) is 8.95. The Hall–Kier alpha value is -2.31. The standard InChI is InChI=1S/C18H26N4O3/c1-13-6-7-14(21(13)2)12-19-15(23)8-11-22-16(24)18(20-17(22)25)9-4-3-5-10-18/h6-7H,3-5,8-12H2,1-2H3,(H,19,23)(H,20,25). The number of hydrogen-bond donors (Lipinski definition) is 2. The minimum atomic E-state index is -0.716. The van der Waals surface area contributed by atoms with Crippen molar-refractivity contribution in [1.82, 2.24) is 20.1 Å². The lowest BCUT2D eigenvalue weighted by atomic mass is 9.82. The molecule has 1 aliphatic carbocycles. The van der Waals surface area contributed by atoms with Crippen LogP contribution in [0.4, 0.5) is 4.79 Å². The number of hydrogen-bond acceptors (Lipinski definition) is 3. The molecule has 0 bridgehead atoms. The highest BCUT2D eigenvalue weighted by Gasteiger charge is 2.50. The van der Waals surface area contributed by atoms with Crippen LogP contribution in [0.5, 0.6) is 0 Å². The first-order valence-corrected chi connectivity index (χ1v) is 8.95. The molecule has 25 heavy (non-hydrogen) atoms. The third-order valence-electron chi connectivity index (χ3n) is 5.46. The highest BCUT2D eigenvalue weighted by Crippen LogP contribution is 2.33. The zero-order chi connectivity index (χ0) is 18.0. The van der Waals surface area contributed by atoms with Crippen molar-refractivity contribution < 1.29 is 14.4 Å². The summed E-state index contributed by atoms with van der Waals surface area (Å²) in [7, 11) is 1.95. The van der Waals surface area contributed by atoms with Crippen molar-refractivity contribution >= 4 is 17.8 Å². The lowest BCUT2D eigenvalue weighted by Gasteiger charge is -2.30. The Morgan fingerprint density at radius 2 is 1.96 bits per heavy atom. The zero-order valence-electron chi connectivity index (χ0n) is 14.9. The third kappa shape index (κ3) is 3.41. The van der Waals surface area contributed by atoms with Gasteiger partial charge in [0.15, 0.2) is 0 Å². The predicted octanol–water partition coefficient (Wildman–Crippen LogP) is 1.59. The second kappa shape index (κ2) is 6.90. The number of urea groups is 1. The molecule has 0 atom stereocenters. The van der Waals surface area contributed by atoms with Crippen LogP contribution in [-0.4, -0.2) is 39.4 Å². The quantitative estimate of drug-likeness (QED) is 0.794. The van der Waals surface area contributed by atoms with Gasteiger partial charge in [0.2, 0.25) is 5.91 Å². The molecule has 1 saturated heterocycles. The monoisotopic (exact) mass is 346 g/mol.